The normalized spacial score (nSPS) is 10.4. The fraction of sp³-hybridized carbons (Fsp3) is 0.100. The van der Waals surface area contributed by atoms with Gasteiger partial charge >= 0.3 is 0 Å². The minimum absolute atomic E-state index is 0.280. The molecular formula is C10H9FN2O. The third-order valence-corrected chi connectivity index (χ3v) is 1.97. The Bertz CT molecular complexity index is 439. The van der Waals surface area contributed by atoms with E-state index in [0.29, 0.717) is 5.69 Å². The van der Waals surface area contributed by atoms with Gasteiger partial charge in [0.1, 0.15) is 17.8 Å². The monoisotopic (exact) mass is 192 g/mol. The lowest BCUT2D eigenvalue weighted by Crippen LogP contribution is -1.98. The van der Waals surface area contributed by atoms with Gasteiger partial charge in [0.15, 0.2) is 0 Å². The van der Waals surface area contributed by atoms with Crippen LogP contribution in [0.3, 0.4) is 0 Å². The van der Waals surface area contributed by atoms with E-state index in [0.717, 1.165) is 11.1 Å². The van der Waals surface area contributed by atoms with E-state index < -0.39 is 0 Å². The molecule has 0 aliphatic heterocycles. The van der Waals surface area contributed by atoms with Crippen LogP contribution in [0.4, 0.5) is 4.39 Å². The zero-order valence-electron chi connectivity index (χ0n) is 7.40. The zero-order valence-corrected chi connectivity index (χ0v) is 7.40. The molecular weight excluding hydrogens is 183 g/mol. The molecule has 1 aromatic heterocycles. The van der Waals surface area contributed by atoms with Crippen molar-refractivity contribution in [3.63, 3.8) is 0 Å². The first-order chi connectivity index (χ1) is 6.81. The van der Waals surface area contributed by atoms with Gasteiger partial charge in [-0.25, -0.2) is 4.39 Å². The highest BCUT2D eigenvalue weighted by Crippen LogP contribution is 2.23. The minimum Gasteiger partial charge on any atom is -0.364 e. The summed E-state index contributed by atoms with van der Waals surface area (Å²) in [6, 6.07) is 6.23. The lowest BCUT2D eigenvalue weighted by atomic mass is 10.1. The molecule has 0 atom stereocenters. The lowest BCUT2D eigenvalue weighted by Gasteiger charge is -1.98. The van der Waals surface area contributed by atoms with Gasteiger partial charge in [0.05, 0.1) is 0 Å². The Balaban J connectivity index is 2.49. The molecule has 0 aliphatic rings. The van der Waals surface area contributed by atoms with Crippen LogP contribution in [-0.2, 0) is 6.54 Å². The van der Waals surface area contributed by atoms with Crippen molar-refractivity contribution in [2.75, 3.05) is 0 Å². The van der Waals surface area contributed by atoms with Crippen molar-refractivity contribution in [1.82, 2.24) is 5.16 Å². The predicted molar refractivity (Wildman–Crippen MR) is 49.8 cm³/mol. The third-order valence-electron chi connectivity index (χ3n) is 1.97. The Morgan fingerprint density at radius 3 is 3.00 bits per heavy atom. The molecule has 3 nitrogen and oxygen atoms in total. The summed E-state index contributed by atoms with van der Waals surface area (Å²) in [5, 5.41) is 3.72. The van der Waals surface area contributed by atoms with Crippen LogP contribution < -0.4 is 5.73 Å². The summed E-state index contributed by atoms with van der Waals surface area (Å²) in [5.74, 6) is -0.285. The van der Waals surface area contributed by atoms with Gasteiger partial charge in [-0.3, -0.25) is 0 Å². The van der Waals surface area contributed by atoms with Gasteiger partial charge in [-0.2, -0.15) is 0 Å². The van der Waals surface area contributed by atoms with Crippen LogP contribution in [0.25, 0.3) is 11.1 Å². The van der Waals surface area contributed by atoms with Crippen molar-refractivity contribution < 1.29 is 8.91 Å². The zero-order chi connectivity index (χ0) is 9.97. The second-order valence-corrected chi connectivity index (χ2v) is 2.89. The average Bonchev–Trinajstić information content (AvgIpc) is 2.65. The molecule has 2 N–H and O–H groups in total. The van der Waals surface area contributed by atoms with Gasteiger partial charge < -0.3 is 10.3 Å². The average molecular weight is 192 g/mol. The van der Waals surface area contributed by atoms with Crippen LogP contribution >= 0.6 is 0 Å². The van der Waals surface area contributed by atoms with Gasteiger partial charge in [-0.05, 0) is 17.7 Å². The van der Waals surface area contributed by atoms with E-state index in [2.05, 4.69) is 5.16 Å². The van der Waals surface area contributed by atoms with E-state index in [4.69, 9.17) is 10.3 Å². The molecule has 1 heterocycles. The van der Waals surface area contributed by atoms with E-state index in [1.807, 2.05) is 0 Å². The Labute approximate surface area is 80.3 Å². The fourth-order valence-corrected chi connectivity index (χ4v) is 1.30. The largest absolute Gasteiger partial charge is 0.364 e. The molecule has 0 saturated carbocycles. The number of hydrogen-bond donors (Lipinski definition) is 1. The minimum atomic E-state index is -0.285. The number of hydrogen-bond acceptors (Lipinski definition) is 3. The lowest BCUT2D eigenvalue weighted by molar-refractivity contribution is 0.412. The molecule has 0 aliphatic carbocycles. The molecule has 4 heteroatoms. The molecule has 2 aromatic rings. The number of nitrogens with zero attached hydrogens (tertiary/aromatic N) is 1. The highest BCUT2D eigenvalue weighted by molar-refractivity contribution is 5.64. The number of rotatable bonds is 2. The Hall–Kier alpha value is -1.68. The molecule has 0 spiro atoms. The first-order valence-corrected chi connectivity index (χ1v) is 4.20. The van der Waals surface area contributed by atoms with Crippen molar-refractivity contribution in [3.8, 4) is 11.1 Å². The third kappa shape index (κ3) is 1.52. The maximum atomic E-state index is 12.9. The van der Waals surface area contributed by atoms with Crippen LogP contribution in [0.5, 0.6) is 0 Å². The van der Waals surface area contributed by atoms with Crippen molar-refractivity contribution in [2.24, 2.45) is 5.73 Å². The van der Waals surface area contributed by atoms with Crippen LogP contribution in [0.1, 0.15) is 5.69 Å². The van der Waals surface area contributed by atoms with Crippen molar-refractivity contribution in [2.45, 2.75) is 6.54 Å². The summed E-state index contributed by atoms with van der Waals surface area (Å²) in [6.45, 7) is 0.280. The second kappa shape index (κ2) is 3.59. The fourth-order valence-electron chi connectivity index (χ4n) is 1.30. The molecule has 0 amide bonds. The van der Waals surface area contributed by atoms with Crippen molar-refractivity contribution in [3.05, 3.63) is 42.0 Å². The summed E-state index contributed by atoms with van der Waals surface area (Å²) in [4.78, 5) is 0. The molecule has 0 bridgehead atoms. The number of aromatic nitrogens is 1. The molecule has 72 valence electrons. The predicted octanol–water partition coefficient (Wildman–Crippen LogP) is 1.94. The molecule has 0 saturated heterocycles. The topological polar surface area (TPSA) is 52.0 Å². The van der Waals surface area contributed by atoms with Gasteiger partial charge in [0, 0.05) is 12.1 Å². The molecule has 1 aromatic carbocycles. The van der Waals surface area contributed by atoms with E-state index in [-0.39, 0.29) is 12.4 Å². The van der Waals surface area contributed by atoms with Crippen LogP contribution in [0, 0.1) is 5.82 Å². The Kier molecular flexibility index (Phi) is 2.28. The molecule has 0 radical (unpaired) electrons. The summed E-state index contributed by atoms with van der Waals surface area (Å²) >= 11 is 0. The van der Waals surface area contributed by atoms with Crippen LogP contribution in [0.15, 0.2) is 35.1 Å². The van der Waals surface area contributed by atoms with Gasteiger partial charge in [-0.15, -0.1) is 0 Å². The molecule has 0 unspecified atom stereocenters. The standard InChI is InChI=1S/C10H9FN2O/c11-8-3-1-2-7(4-8)9-6-14-13-10(9)5-12/h1-4,6H,5,12H2. The number of halogens is 1. The highest BCUT2D eigenvalue weighted by Gasteiger charge is 2.08. The van der Waals surface area contributed by atoms with Gasteiger partial charge in [-0.1, -0.05) is 17.3 Å². The highest BCUT2D eigenvalue weighted by atomic mass is 19.1. The Morgan fingerprint density at radius 1 is 1.43 bits per heavy atom. The molecule has 14 heavy (non-hydrogen) atoms. The summed E-state index contributed by atoms with van der Waals surface area (Å²) in [5.41, 5.74) is 7.56. The SMILES string of the molecule is NCc1nocc1-c1cccc(F)c1. The quantitative estimate of drug-likeness (QED) is 0.791. The maximum absolute atomic E-state index is 12.9. The first kappa shape index (κ1) is 8.90. The summed E-state index contributed by atoms with van der Waals surface area (Å²) in [7, 11) is 0. The van der Waals surface area contributed by atoms with E-state index in [9.17, 15) is 4.39 Å². The van der Waals surface area contributed by atoms with Crippen LogP contribution in [-0.4, -0.2) is 5.16 Å². The Morgan fingerprint density at radius 2 is 2.29 bits per heavy atom. The maximum Gasteiger partial charge on any atom is 0.131 e. The van der Waals surface area contributed by atoms with E-state index in [1.54, 1.807) is 12.1 Å². The van der Waals surface area contributed by atoms with Gasteiger partial charge in [0.2, 0.25) is 0 Å². The second-order valence-electron chi connectivity index (χ2n) is 2.89. The molecule has 0 fully saturated rings. The summed E-state index contributed by atoms with van der Waals surface area (Å²) in [6.07, 6.45) is 1.47. The molecule has 2 rings (SSSR count). The summed E-state index contributed by atoms with van der Waals surface area (Å²) < 4.78 is 17.7. The van der Waals surface area contributed by atoms with Crippen molar-refractivity contribution >= 4 is 0 Å². The van der Waals surface area contributed by atoms with Crippen molar-refractivity contribution in [1.29, 1.82) is 0 Å². The van der Waals surface area contributed by atoms with E-state index >= 15 is 0 Å². The van der Waals surface area contributed by atoms with Crippen LogP contribution in [0.2, 0.25) is 0 Å². The number of benzene rings is 1. The van der Waals surface area contributed by atoms with Gasteiger partial charge in [0.25, 0.3) is 0 Å². The first-order valence-electron chi connectivity index (χ1n) is 4.20. The number of nitrogens with two attached hydrogens (primary N) is 1. The van der Waals surface area contributed by atoms with E-state index in [1.165, 1.54) is 18.4 Å². The smallest absolute Gasteiger partial charge is 0.131 e.